The van der Waals surface area contributed by atoms with Gasteiger partial charge in [-0.2, -0.15) is 0 Å². The first-order valence-corrected chi connectivity index (χ1v) is 6.13. The van der Waals surface area contributed by atoms with E-state index in [9.17, 15) is 14.7 Å². The summed E-state index contributed by atoms with van der Waals surface area (Å²) in [7, 11) is 0. The molecule has 0 bridgehead atoms. The van der Waals surface area contributed by atoms with Gasteiger partial charge in [0.05, 0.1) is 5.54 Å². The molecule has 5 heteroatoms. The van der Waals surface area contributed by atoms with Crippen LogP contribution in [0.5, 0.6) is 0 Å². The fourth-order valence-corrected chi connectivity index (χ4v) is 2.23. The third-order valence-electron chi connectivity index (χ3n) is 4.13. The molecule has 4 N–H and O–H groups in total. The summed E-state index contributed by atoms with van der Waals surface area (Å²) in [6.45, 7) is 3.27. The highest BCUT2D eigenvalue weighted by molar-refractivity contribution is 5.92. The second-order valence-electron chi connectivity index (χ2n) is 5.79. The second kappa shape index (κ2) is 3.70. The van der Waals surface area contributed by atoms with Crippen molar-refractivity contribution in [3.05, 3.63) is 0 Å². The molecule has 5 nitrogen and oxygen atoms in total. The molecule has 0 aromatic heterocycles. The number of hydrogen-bond acceptors (Lipinski definition) is 3. The number of hydrogen-bond donors (Lipinski definition) is 3. The zero-order valence-electron chi connectivity index (χ0n) is 10.3. The highest BCUT2D eigenvalue weighted by atomic mass is 16.4. The molecule has 17 heavy (non-hydrogen) atoms. The highest BCUT2D eigenvalue weighted by Crippen LogP contribution is 2.42. The summed E-state index contributed by atoms with van der Waals surface area (Å²) in [5.41, 5.74) is 3.89. The first-order valence-electron chi connectivity index (χ1n) is 6.13. The molecule has 96 valence electrons. The predicted molar refractivity (Wildman–Crippen MR) is 62.2 cm³/mol. The van der Waals surface area contributed by atoms with E-state index in [0.29, 0.717) is 0 Å². The number of carbonyl (C=O) groups excluding carboxylic acids is 1. The minimum absolute atomic E-state index is 0.0407. The van der Waals surface area contributed by atoms with Crippen molar-refractivity contribution in [3.63, 3.8) is 0 Å². The summed E-state index contributed by atoms with van der Waals surface area (Å²) in [5.74, 6) is -1.07. The van der Waals surface area contributed by atoms with Crippen molar-refractivity contribution in [2.24, 2.45) is 17.6 Å². The van der Waals surface area contributed by atoms with Gasteiger partial charge in [0.25, 0.3) is 0 Å². The quantitative estimate of drug-likeness (QED) is 0.652. The molecule has 0 aromatic rings. The van der Waals surface area contributed by atoms with Crippen molar-refractivity contribution in [1.29, 1.82) is 0 Å². The Kier molecular flexibility index (Phi) is 2.69. The van der Waals surface area contributed by atoms with Gasteiger partial charge < -0.3 is 16.2 Å². The van der Waals surface area contributed by atoms with E-state index in [0.717, 1.165) is 25.7 Å². The molecule has 2 aliphatic carbocycles. The highest BCUT2D eigenvalue weighted by Gasteiger charge is 2.52. The zero-order chi connectivity index (χ0) is 12.8. The van der Waals surface area contributed by atoms with Gasteiger partial charge in [-0.1, -0.05) is 0 Å². The van der Waals surface area contributed by atoms with Crippen LogP contribution in [0.25, 0.3) is 0 Å². The Morgan fingerprint density at radius 1 is 1.18 bits per heavy atom. The molecule has 2 unspecified atom stereocenters. The average molecular weight is 240 g/mol. The summed E-state index contributed by atoms with van der Waals surface area (Å²) in [4.78, 5) is 23.4. The van der Waals surface area contributed by atoms with E-state index >= 15 is 0 Å². The number of carboxylic acids is 1. The van der Waals surface area contributed by atoms with E-state index in [2.05, 4.69) is 5.32 Å². The molecule has 0 aromatic carbocycles. The Labute approximate surface area is 101 Å². The predicted octanol–water partition coefficient (Wildman–Crippen LogP) is 0.483. The molecule has 2 atom stereocenters. The molecular weight excluding hydrogens is 220 g/mol. The molecule has 2 aliphatic rings. The molecule has 2 rings (SSSR count). The van der Waals surface area contributed by atoms with Gasteiger partial charge in [-0.25, -0.2) is 4.79 Å². The first-order chi connectivity index (χ1) is 7.78. The first kappa shape index (κ1) is 12.4. The minimum Gasteiger partial charge on any atom is -0.480 e. The van der Waals surface area contributed by atoms with E-state index in [-0.39, 0.29) is 17.7 Å². The van der Waals surface area contributed by atoms with Crippen LogP contribution in [0.3, 0.4) is 0 Å². The SMILES string of the molecule is CC(N)(C(=O)NC(C)(C(=O)O)C1CC1)C1CC1. The van der Waals surface area contributed by atoms with Gasteiger partial charge in [0, 0.05) is 0 Å². The van der Waals surface area contributed by atoms with Crippen LogP contribution in [0.1, 0.15) is 39.5 Å². The Bertz CT molecular complexity index is 359. The van der Waals surface area contributed by atoms with Gasteiger partial charge in [0.2, 0.25) is 5.91 Å². The lowest BCUT2D eigenvalue weighted by molar-refractivity contribution is -0.148. The largest absolute Gasteiger partial charge is 0.480 e. The Balaban J connectivity index is 2.08. The molecule has 0 heterocycles. The van der Waals surface area contributed by atoms with Crippen molar-refractivity contribution >= 4 is 11.9 Å². The Morgan fingerprint density at radius 3 is 2.00 bits per heavy atom. The van der Waals surface area contributed by atoms with Crippen LogP contribution in [-0.2, 0) is 9.59 Å². The molecule has 0 radical (unpaired) electrons. The van der Waals surface area contributed by atoms with E-state index in [1.165, 1.54) is 0 Å². The summed E-state index contributed by atoms with van der Waals surface area (Å²) < 4.78 is 0. The lowest BCUT2D eigenvalue weighted by Gasteiger charge is -2.31. The van der Waals surface area contributed by atoms with Gasteiger partial charge in [-0.05, 0) is 51.4 Å². The number of carboxylic acid groups (broad SMARTS) is 1. The van der Waals surface area contributed by atoms with E-state index in [1.807, 2.05) is 0 Å². The minimum atomic E-state index is -1.16. The number of nitrogens with two attached hydrogens (primary N) is 1. The van der Waals surface area contributed by atoms with Crippen LogP contribution in [-0.4, -0.2) is 28.1 Å². The van der Waals surface area contributed by atoms with E-state index in [4.69, 9.17) is 5.73 Å². The number of aliphatic carboxylic acids is 1. The molecular formula is C12H20N2O3. The summed E-state index contributed by atoms with van der Waals surface area (Å²) in [6.07, 6.45) is 3.61. The van der Waals surface area contributed by atoms with Crippen molar-refractivity contribution in [1.82, 2.24) is 5.32 Å². The fraction of sp³-hybridized carbons (Fsp3) is 0.833. The summed E-state index contributed by atoms with van der Waals surface area (Å²) >= 11 is 0. The van der Waals surface area contributed by atoms with E-state index in [1.54, 1.807) is 13.8 Å². The monoisotopic (exact) mass is 240 g/mol. The normalized spacial score (nSPS) is 26.8. The van der Waals surface area contributed by atoms with Gasteiger partial charge >= 0.3 is 5.97 Å². The maximum Gasteiger partial charge on any atom is 0.329 e. The smallest absolute Gasteiger partial charge is 0.329 e. The van der Waals surface area contributed by atoms with Gasteiger partial charge in [-0.15, -0.1) is 0 Å². The zero-order valence-corrected chi connectivity index (χ0v) is 10.3. The van der Waals surface area contributed by atoms with Gasteiger partial charge in [0.1, 0.15) is 5.54 Å². The number of carbonyl (C=O) groups is 2. The molecule has 2 fully saturated rings. The van der Waals surface area contributed by atoms with Crippen LogP contribution in [0.2, 0.25) is 0 Å². The van der Waals surface area contributed by atoms with Crippen LogP contribution >= 0.6 is 0 Å². The van der Waals surface area contributed by atoms with Crippen molar-refractivity contribution in [2.75, 3.05) is 0 Å². The number of rotatable bonds is 5. The standard InChI is InChI=1S/C12H20N2O3/c1-11(13,7-3-4-7)9(15)14-12(2,10(16)17)8-5-6-8/h7-8H,3-6,13H2,1-2H3,(H,14,15)(H,16,17). The number of amides is 1. The summed E-state index contributed by atoms with van der Waals surface area (Å²) in [6, 6.07) is 0. The van der Waals surface area contributed by atoms with Gasteiger partial charge in [-0.3, -0.25) is 4.79 Å². The average Bonchev–Trinajstić information content (AvgIpc) is 3.04. The van der Waals surface area contributed by atoms with Crippen molar-refractivity contribution in [3.8, 4) is 0 Å². The molecule has 1 amide bonds. The Hall–Kier alpha value is -1.10. The van der Waals surface area contributed by atoms with E-state index < -0.39 is 17.0 Å². The maximum atomic E-state index is 12.1. The topological polar surface area (TPSA) is 92.4 Å². The lowest BCUT2D eigenvalue weighted by Crippen LogP contribution is -2.62. The van der Waals surface area contributed by atoms with Crippen LogP contribution in [0.15, 0.2) is 0 Å². The molecule has 2 saturated carbocycles. The third-order valence-corrected chi connectivity index (χ3v) is 4.13. The fourth-order valence-electron chi connectivity index (χ4n) is 2.23. The lowest BCUT2D eigenvalue weighted by atomic mass is 9.91. The molecule has 0 spiro atoms. The molecule has 0 saturated heterocycles. The second-order valence-corrected chi connectivity index (χ2v) is 5.79. The third kappa shape index (κ3) is 2.16. The number of nitrogens with one attached hydrogen (secondary N) is 1. The Morgan fingerprint density at radius 2 is 1.65 bits per heavy atom. The van der Waals surface area contributed by atoms with Crippen molar-refractivity contribution in [2.45, 2.75) is 50.6 Å². The van der Waals surface area contributed by atoms with Crippen LogP contribution in [0, 0.1) is 11.8 Å². The molecule has 0 aliphatic heterocycles. The summed E-state index contributed by atoms with van der Waals surface area (Å²) in [5, 5.41) is 11.9. The van der Waals surface area contributed by atoms with Crippen molar-refractivity contribution < 1.29 is 14.7 Å². The maximum absolute atomic E-state index is 12.1. The van der Waals surface area contributed by atoms with Gasteiger partial charge in [0.15, 0.2) is 0 Å². The van der Waals surface area contributed by atoms with Crippen LogP contribution < -0.4 is 11.1 Å². The van der Waals surface area contributed by atoms with Crippen LogP contribution in [0.4, 0.5) is 0 Å².